The molecule has 0 amide bonds. The van der Waals surface area contributed by atoms with Gasteiger partial charge in [-0.2, -0.15) is 0 Å². The zero-order valence-corrected chi connectivity index (χ0v) is 30.5. The minimum atomic E-state index is 0.875. The fourth-order valence-corrected chi connectivity index (χ4v) is 9.24. The van der Waals surface area contributed by atoms with Crippen LogP contribution in [0.1, 0.15) is 0 Å². The molecule has 55 heavy (non-hydrogen) atoms. The van der Waals surface area contributed by atoms with Gasteiger partial charge in [0.1, 0.15) is 16.2 Å². The van der Waals surface area contributed by atoms with E-state index in [1.165, 1.54) is 48.5 Å². The second-order valence-electron chi connectivity index (χ2n) is 13.9. The lowest BCUT2D eigenvalue weighted by Gasteiger charge is -2.26. The van der Waals surface area contributed by atoms with Crippen LogP contribution >= 0.6 is 11.3 Å². The fourth-order valence-electron chi connectivity index (χ4n) is 8.12. The predicted molar refractivity (Wildman–Crippen MR) is 233 cm³/mol. The lowest BCUT2D eigenvalue weighted by atomic mass is 9.94. The molecular formula is C51H32N2OS. The highest BCUT2D eigenvalue weighted by molar-refractivity contribution is 7.22. The number of benzene rings is 9. The summed E-state index contributed by atoms with van der Waals surface area (Å²) < 4.78 is 7.47. The number of rotatable bonds is 6. The van der Waals surface area contributed by atoms with Gasteiger partial charge in [-0.3, -0.25) is 0 Å². The molecule has 0 atom stereocenters. The van der Waals surface area contributed by atoms with Gasteiger partial charge in [-0.1, -0.05) is 146 Å². The summed E-state index contributed by atoms with van der Waals surface area (Å²) >= 11 is 1.77. The van der Waals surface area contributed by atoms with Crippen LogP contribution in [-0.4, -0.2) is 4.98 Å². The van der Waals surface area contributed by atoms with Crippen molar-refractivity contribution in [3.8, 4) is 32.8 Å². The molecule has 3 nitrogen and oxygen atoms in total. The van der Waals surface area contributed by atoms with Crippen molar-refractivity contribution in [2.75, 3.05) is 4.90 Å². The van der Waals surface area contributed by atoms with Crippen LogP contribution in [0.2, 0.25) is 0 Å². The zero-order chi connectivity index (χ0) is 36.3. The number of aromatic nitrogens is 1. The Morgan fingerprint density at radius 1 is 0.382 bits per heavy atom. The van der Waals surface area contributed by atoms with Crippen LogP contribution in [0.15, 0.2) is 199 Å². The van der Waals surface area contributed by atoms with E-state index >= 15 is 0 Å². The van der Waals surface area contributed by atoms with Crippen molar-refractivity contribution in [1.29, 1.82) is 0 Å². The number of furan rings is 1. The largest absolute Gasteiger partial charge is 0.456 e. The third-order valence-corrected chi connectivity index (χ3v) is 11.8. The average Bonchev–Trinajstić information content (AvgIpc) is 3.88. The highest BCUT2D eigenvalue weighted by Crippen LogP contribution is 2.44. The molecule has 9 aromatic carbocycles. The molecule has 2 heterocycles. The Bertz CT molecular complexity index is 3140. The highest BCUT2D eigenvalue weighted by Gasteiger charge is 2.19. The first-order chi connectivity index (χ1) is 27.3. The Kier molecular flexibility index (Phi) is 7.35. The molecule has 0 saturated carbocycles. The zero-order valence-electron chi connectivity index (χ0n) is 29.7. The van der Waals surface area contributed by atoms with Gasteiger partial charge in [0.15, 0.2) is 0 Å². The third-order valence-electron chi connectivity index (χ3n) is 10.7. The number of nitrogens with zero attached hydrogens (tertiary/aromatic N) is 2. The summed E-state index contributed by atoms with van der Waals surface area (Å²) in [4.78, 5) is 7.68. The number of fused-ring (bicyclic) bond motifs is 9. The van der Waals surface area contributed by atoms with Crippen molar-refractivity contribution >= 4 is 82.1 Å². The molecule has 0 N–H and O–H groups in total. The number of anilines is 3. The monoisotopic (exact) mass is 720 g/mol. The Balaban J connectivity index is 1.07. The van der Waals surface area contributed by atoms with Crippen LogP contribution in [0.4, 0.5) is 17.1 Å². The van der Waals surface area contributed by atoms with Crippen LogP contribution in [-0.2, 0) is 0 Å². The quantitative estimate of drug-likeness (QED) is 0.160. The first-order valence-corrected chi connectivity index (χ1v) is 19.4. The maximum Gasteiger partial charge on any atom is 0.135 e. The summed E-state index contributed by atoms with van der Waals surface area (Å²) in [5.41, 5.74) is 11.9. The predicted octanol–water partition coefficient (Wildman–Crippen LogP) is 15.0. The van der Waals surface area contributed by atoms with Crippen molar-refractivity contribution in [1.82, 2.24) is 4.98 Å². The fraction of sp³-hybridized carbons (Fsp3) is 0. The van der Waals surface area contributed by atoms with E-state index in [0.29, 0.717) is 0 Å². The molecular weight excluding hydrogens is 689 g/mol. The van der Waals surface area contributed by atoms with Gasteiger partial charge in [0, 0.05) is 44.2 Å². The molecule has 0 fully saturated rings. The Hall–Kier alpha value is -7.01. The van der Waals surface area contributed by atoms with Crippen molar-refractivity contribution in [3.63, 3.8) is 0 Å². The van der Waals surface area contributed by atoms with Gasteiger partial charge in [-0.25, -0.2) is 4.98 Å². The van der Waals surface area contributed by atoms with Crippen molar-refractivity contribution in [3.05, 3.63) is 194 Å². The first kappa shape index (κ1) is 31.5. The Morgan fingerprint density at radius 3 is 1.73 bits per heavy atom. The van der Waals surface area contributed by atoms with Crippen LogP contribution in [0.5, 0.6) is 0 Å². The molecule has 258 valence electrons. The average molecular weight is 721 g/mol. The summed E-state index contributed by atoms with van der Waals surface area (Å²) in [6, 6.07) is 69.1. The summed E-state index contributed by atoms with van der Waals surface area (Å²) in [5, 5.41) is 8.13. The minimum absolute atomic E-state index is 0.875. The molecule has 0 aliphatic carbocycles. The Morgan fingerprint density at radius 2 is 0.945 bits per heavy atom. The molecule has 11 rings (SSSR count). The molecule has 0 unspecified atom stereocenters. The summed E-state index contributed by atoms with van der Waals surface area (Å²) in [6.45, 7) is 0. The van der Waals surface area contributed by atoms with E-state index in [1.54, 1.807) is 11.3 Å². The molecule has 2 aromatic heterocycles. The topological polar surface area (TPSA) is 29.3 Å². The van der Waals surface area contributed by atoms with Crippen LogP contribution in [0.3, 0.4) is 0 Å². The van der Waals surface area contributed by atoms with Gasteiger partial charge in [-0.15, -0.1) is 11.3 Å². The van der Waals surface area contributed by atoms with Crippen molar-refractivity contribution < 1.29 is 4.42 Å². The number of hydrogen-bond donors (Lipinski definition) is 0. The van der Waals surface area contributed by atoms with Gasteiger partial charge in [0.25, 0.3) is 0 Å². The molecule has 0 radical (unpaired) electrons. The number of para-hydroxylation sites is 1. The van der Waals surface area contributed by atoms with Crippen molar-refractivity contribution in [2.45, 2.75) is 0 Å². The lowest BCUT2D eigenvalue weighted by molar-refractivity contribution is 0.669. The second kappa shape index (κ2) is 12.8. The van der Waals surface area contributed by atoms with E-state index in [0.717, 1.165) is 55.1 Å². The number of hydrogen-bond acceptors (Lipinski definition) is 4. The third kappa shape index (κ3) is 5.30. The van der Waals surface area contributed by atoms with Gasteiger partial charge in [-0.05, 0) is 81.6 Å². The van der Waals surface area contributed by atoms with Gasteiger partial charge in [0.2, 0.25) is 0 Å². The number of thiazole rings is 1. The van der Waals surface area contributed by atoms with E-state index < -0.39 is 0 Å². The Labute approximate surface area is 322 Å². The van der Waals surface area contributed by atoms with Crippen LogP contribution < -0.4 is 4.90 Å². The molecule has 0 spiro atoms. The van der Waals surface area contributed by atoms with E-state index in [1.807, 2.05) is 12.1 Å². The van der Waals surface area contributed by atoms with E-state index in [2.05, 4.69) is 187 Å². The minimum Gasteiger partial charge on any atom is -0.456 e. The van der Waals surface area contributed by atoms with E-state index in [-0.39, 0.29) is 0 Å². The summed E-state index contributed by atoms with van der Waals surface area (Å²) in [5.74, 6) is 0. The van der Waals surface area contributed by atoms with Gasteiger partial charge in [0.05, 0.1) is 10.2 Å². The standard InChI is InChI=1S/C51H32N2OS/c1-2-13-33(14-3-1)39-17-4-5-18-40(39)34-25-27-36(28-26-34)53(38-29-30-48-46(32-38)43-21-10-11-24-47(43)54-48)37-16-12-15-35(31-37)51-52-49-44-22-8-6-19-41(44)42-20-7-9-23-45(42)50(49)55-51/h1-32H. The summed E-state index contributed by atoms with van der Waals surface area (Å²) in [6.07, 6.45) is 0. The maximum atomic E-state index is 6.25. The molecule has 0 saturated heterocycles. The van der Waals surface area contributed by atoms with Crippen LogP contribution in [0.25, 0.3) is 86.5 Å². The normalized spacial score (nSPS) is 11.6. The molecule has 4 heteroatoms. The smallest absolute Gasteiger partial charge is 0.135 e. The molecule has 0 aliphatic rings. The van der Waals surface area contributed by atoms with Crippen LogP contribution in [0, 0.1) is 0 Å². The first-order valence-electron chi connectivity index (χ1n) is 18.5. The van der Waals surface area contributed by atoms with E-state index in [4.69, 9.17) is 9.40 Å². The summed E-state index contributed by atoms with van der Waals surface area (Å²) in [7, 11) is 0. The van der Waals surface area contributed by atoms with Gasteiger partial charge < -0.3 is 9.32 Å². The van der Waals surface area contributed by atoms with Gasteiger partial charge >= 0.3 is 0 Å². The molecule has 0 aliphatic heterocycles. The second-order valence-corrected chi connectivity index (χ2v) is 14.9. The lowest BCUT2D eigenvalue weighted by Crippen LogP contribution is -2.10. The van der Waals surface area contributed by atoms with Crippen molar-refractivity contribution in [2.24, 2.45) is 0 Å². The molecule has 0 bridgehead atoms. The SMILES string of the molecule is c1ccc(-c2ccccc2-c2ccc(N(c3cccc(-c4nc5c6ccccc6c6ccccc6c5s4)c3)c3ccc4oc5ccccc5c4c3)cc2)cc1. The highest BCUT2D eigenvalue weighted by atomic mass is 32.1. The molecule has 11 aromatic rings. The maximum absolute atomic E-state index is 6.25. The van der Waals surface area contributed by atoms with E-state index in [9.17, 15) is 0 Å².